The lowest BCUT2D eigenvalue weighted by molar-refractivity contribution is -0.134. The Labute approximate surface area is 263 Å². The Morgan fingerprint density at radius 1 is 1.07 bits per heavy atom. The number of thiocarbonyl (C=S) groups is 1. The first-order valence-corrected chi connectivity index (χ1v) is 17.3. The summed E-state index contributed by atoms with van der Waals surface area (Å²) in [5, 5.41) is 12.1. The van der Waals surface area contributed by atoms with Crippen LogP contribution in [0.2, 0.25) is 0 Å². The summed E-state index contributed by atoms with van der Waals surface area (Å²) in [6, 6.07) is 15.7. The van der Waals surface area contributed by atoms with Crippen molar-refractivity contribution >= 4 is 66.4 Å². The highest BCUT2D eigenvalue weighted by molar-refractivity contribution is 8.26. The van der Waals surface area contributed by atoms with Crippen molar-refractivity contribution in [2.75, 3.05) is 38.6 Å². The van der Waals surface area contributed by atoms with Crippen molar-refractivity contribution in [1.29, 1.82) is 0 Å². The average Bonchev–Trinajstić information content (AvgIpc) is 3.52. The second-order valence-corrected chi connectivity index (χ2v) is 14.6. The number of hydrogen-bond donors (Lipinski definition) is 2. The van der Waals surface area contributed by atoms with E-state index in [0.717, 1.165) is 29.3 Å². The van der Waals surface area contributed by atoms with E-state index in [4.69, 9.17) is 36.5 Å². The van der Waals surface area contributed by atoms with Crippen molar-refractivity contribution in [2.24, 2.45) is 0 Å². The topological polar surface area (TPSA) is 176 Å². The second-order valence-electron chi connectivity index (χ2n) is 9.39. The van der Waals surface area contributed by atoms with Crippen LogP contribution in [0.5, 0.6) is 0 Å². The first kappa shape index (κ1) is 33.4. The number of aromatic nitrogens is 2. The minimum atomic E-state index is -4.27. The Hall–Kier alpha value is -3.45. The first-order valence-electron chi connectivity index (χ1n) is 13.0. The Morgan fingerprint density at radius 2 is 1.68 bits per heavy atom. The van der Waals surface area contributed by atoms with Crippen molar-refractivity contribution in [1.82, 2.24) is 19.0 Å². The van der Waals surface area contributed by atoms with E-state index < -0.39 is 37.8 Å². The molecule has 234 valence electrons. The third-order valence-electron chi connectivity index (χ3n) is 6.23. The third kappa shape index (κ3) is 8.38. The lowest BCUT2D eigenvalue weighted by Crippen LogP contribution is -2.40. The number of amides is 1. The number of benzene rings is 2. The maximum absolute atomic E-state index is 13.1. The van der Waals surface area contributed by atoms with Crippen LogP contribution >= 0.6 is 24.0 Å². The van der Waals surface area contributed by atoms with Gasteiger partial charge in [0.05, 0.1) is 40.1 Å². The Bertz CT molecular complexity index is 1780. The Morgan fingerprint density at radius 3 is 2.27 bits per heavy atom. The highest BCUT2D eigenvalue weighted by Crippen LogP contribution is 2.35. The van der Waals surface area contributed by atoms with E-state index in [-0.39, 0.29) is 33.8 Å². The van der Waals surface area contributed by atoms with Crippen molar-refractivity contribution in [3.8, 4) is 16.9 Å². The molecule has 3 heterocycles. The van der Waals surface area contributed by atoms with Gasteiger partial charge in [0.15, 0.2) is 0 Å². The van der Waals surface area contributed by atoms with Gasteiger partial charge in [-0.15, -0.1) is 0 Å². The van der Waals surface area contributed by atoms with Crippen LogP contribution in [0.1, 0.15) is 12.5 Å². The number of hydrogen-bond acceptors (Lipinski definition) is 10. The summed E-state index contributed by atoms with van der Waals surface area (Å²) in [4.78, 5) is 23.6. The van der Waals surface area contributed by atoms with Crippen molar-refractivity contribution in [3.05, 3.63) is 71.3 Å². The summed E-state index contributed by atoms with van der Waals surface area (Å²) in [6.07, 6.45) is 3.36. The predicted octanol–water partition coefficient (Wildman–Crippen LogP) is 2.74. The van der Waals surface area contributed by atoms with Gasteiger partial charge in [-0.2, -0.15) is 17.8 Å². The SMILES string of the molecule is CC(=O)O.O=C1/C(=C\c2cn(-c3ccccc3)nc2-c2ccc(S(=O)(=O)N3CCOCC3)cc2)SC(=S)N1CCS(=O)(=O)O. The zero-order valence-corrected chi connectivity index (χ0v) is 26.5. The largest absolute Gasteiger partial charge is 0.481 e. The van der Waals surface area contributed by atoms with Gasteiger partial charge in [-0.05, 0) is 30.3 Å². The molecular weight excluding hydrogens is 653 g/mol. The molecule has 0 bridgehead atoms. The van der Waals surface area contributed by atoms with E-state index in [9.17, 15) is 21.6 Å². The van der Waals surface area contributed by atoms with Crippen LogP contribution in [0, 0.1) is 0 Å². The summed E-state index contributed by atoms with van der Waals surface area (Å²) in [6.45, 7) is 2.09. The minimum absolute atomic E-state index is 0.155. The Balaban J connectivity index is 0.00000104. The fraction of sp³-hybridized carbons (Fsp3) is 0.259. The molecule has 3 aromatic rings. The fourth-order valence-corrected chi connectivity index (χ4v) is 7.31. The minimum Gasteiger partial charge on any atom is -0.481 e. The summed E-state index contributed by atoms with van der Waals surface area (Å²) < 4.78 is 66.1. The Kier molecular flexibility index (Phi) is 10.7. The highest BCUT2D eigenvalue weighted by atomic mass is 32.2. The number of morpholine rings is 1. The van der Waals surface area contributed by atoms with Crippen molar-refractivity contribution in [3.63, 3.8) is 0 Å². The highest BCUT2D eigenvalue weighted by Gasteiger charge is 2.33. The van der Waals surface area contributed by atoms with Gasteiger partial charge in [-0.25, -0.2) is 13.1 Å². The lowest BCUT2D eigenvalue weighted by atomic mass is 10.1. The van der Waals surface area contributed by atoms with Gasteiger partial charge in [0.1, 0.15) is 4.32 Å². The van der Waals surface area contributed by atoms with Gasteiger partial charge in [0, 0.05) is 43.9 Å². The van der Waals surface area contributed by atoms with E-state index in [1.54, 1.807) is 29.1 Å². The number of aliphatic carboxylic acids is 1. The van der Waals surface area contributed by atoms with Crippen LogP contribution in [0.4, 0.5) is 0 Å². The van der Waals surface area contributed by atoms with Gasteiger partial charge in [-0.1, -0.05) is 54.3 Å². The molecule has 0 aliphatic carbocycles. The maximum Gasteiger partial charge on any atom is 0.300 e. The number of carbonyl (C=O) groups is 2. The van der Waals surface area contributed by atoms with E-state index in [0.29, 0.717) is 30.0 Å². The molecule has 44 heavy (non-hydrogen) atoms. The van der Waals surface area contributed by atoms with Gasteiger partial charge < -0.3 is 9.84 Å². The molecular formula is C27H28N4O9S4. The van der Waals surface area contributed by atoms with Crippen LogP contribution in [-0.2, 0) is 34.5 Å². The number of ether oxygens (including phenoxy) is 1. The molecule has 17 heteroatoms. The predicted molar refractivity (Wildman–Crippen MR) is 168 cm³/mol. The molecule has 0 radical (unpaired) electrons. The molecule has 2 saturated heterocycles. The molecule has 2 aliphatic rings. The van der Waals surface area contributed by atoms with Crippen LogP contribution in [0.15, 0.2) is 70.6 Å². The molecule has 2 aliphatic heterocycles. The van der Waals surface area contributed by atoms with E-state index in [1.807, 2.05) is 30.3 Å². The molecule has 1 aromatic heterocycles. The maximum atomic E-state index is 13.1. The van der Waals surface area contributed by atoms with Gasteiger partial charge in [0.2, 0.25) is 10.0 Å². The second kappa shape index (κ2) is 14.1. The summed E-state index contributed by atoms with van der Waals surface area (Å²) in [5.41, 5.74) is 2.48. The van der Waals surface area contributed by atoms with Gasteiger partial charge in [-0.3, -0.25) is 19.0 Å². The average molecular weight is 681 g/mol. The van der Waals surface area contributed by atoms with E-state index in [1.165, 1.54) is 16.4 Å². The van der Waals surface area contributed by atoms with Crippen LogP contribution in [0.25, 0.3) is 23.0 Å². The number of rotatable bonds is 8. The summed E-state index contributed by atoms with van der Waals surface area (Å²) in [7, 11) is -7.95. The molecule has 0 atom stereocenters. The number of carboxylic acids is 1. The fourth-order valence-electron chi connectivity index (χ4n) is 4.19. The van der Waals surface area contributed by atoms with E-state index in [2.05, 4.69) is 0 Å². The number of carboxylic acid groups (broad SMARTS) is 1. The lowest BCUT2D eigenvalue weighted by Gasteiger charge is -2.26. The quantitative estimate of drug-likeness (QED) is 0.202. The molecule has 5 rings (SSSR count). The molecule has 0 spiro atoms. The number of sulfonamides is 1. The molecule has 1 amide bonds. The van der Waals surface area contributed by atoms with Gasteiger partial charge >= 0.3 is 0 Å². The van der Waals surface area contributed by atoms with Crippen molar-refractivity contribution < 1.29 is 40.8 Å². The zero-order valence-electron chi connectivity index (χ0n) is 23.3. The molecule has 2 N–H and O–H groups in total. The van der Waals surface area contributed by atoms with Crippen molar-refractivity contribution in [2.45, 2.75) is 11.8 Å². The number of thioether (sulfide) groups is 1. The van der Waals surface area contributed by atoms with Crippen LogP contribution < -0.4 is 0 Å². The smallest absolute Gasteiger partial charge is 0.300 e. The monoisotopic (exact) mass is 680 g/mol. The first-order chi connectivity index (χ1) is 20.8. The number of carbonyl (C=O) groups excluding carboxylic acids is 1. The van der Waals surface area contributed by atoms with E-state index >= 15 is 0 Å². The molecule has 0 unspecified atom stereocenters. The molecule has 2 aromatic carbocycles. The van der Waals surface area contributed by atoms with Gasteiger partial charge in [0.25, 0.3) is 22.0 Å². The van der Waals surface area contributed by atoms with Crippen LogP contribution in [-0.4, -0.2) is 100 Å². The third-order valence-corrected chi connectivity index (χ3v) is 10.2. The van der Waals surface area contributed by atoms with Crippen LogP contribution in [0.3, 0.4) is 0 Å². The molecule has 0 saturated carbocycles. The summed E-state index contributed by atoms with van der Waals surface area (Å²) in [5.74, 6) is -1.95. The normalized spacial score (nSPS) is 17.0. The zero-order chi connectivity index (χ0) is 32.1. The summed E-state index contributed by atoms with van der Waals surface area (Å²) >= 11 is 6.29. The molecule has 13 nitrogen and oxygen atoms in total. The number of nitrogens with zero attached hydrogens (tertiary/aromatic N) is 4. The standard InChI is InChI=1S/C25H24N4O7S4.C2H4O2/c30-24-22(38-25(37)28(24)12-15-39(31,32)33)16-19-17-29(20-4-2-1-3-5-20)26-23(19)18-6-8-21(9-7-18)40(34,35)27-10-13-36-14-11-27;1-2(3)4/h1-9,16-17H,10-15H2,(H,31,32,33);1H3,(H,3,4)/b22-16+;. The number of para-hydroxylation sites is 1. The molecule has 2 fully saturated rings.